The highest BCUT2D eigenvalue weighted by molar-refractivity contribution is 9.10. The number of rotatable bonds is 5. The quantitative estimate of drug-likeness (QED) is 0.649. The van der Waals surface area contributed by atoms with Gasteiger partial charge in [-0.05, 0) is 58.5 Å². The Balaban J connectivity index is 1.62. The van der Waals surface area contributed by atoms with E-state index in [0.29, 0.717) is 11.7 Å². The van der Waals surface area contributed by atoms with Crippen molar-refractivity contribution in [1.82, 2.24) is 5.43 Å². The number of ether oxygens (including phenoxy) is 1. The summed E-state index contributed by atoms with van der Waals surface area (Å²) in [6, 6.07) is 11.8. The number of halogens is 1. The van der Waals surface area contributed by atoms with Gasteiger partial charge in [0, 0.05) is 5.71 Å². The van der Waals surface area contributed by atoms with E-state index in [2.05, 4.69) is 26.5 Å². The Labute approximate surface area is 137 Å². The van der Waals surface area contributed by atoms with E-state index in [1.165, 1.54) is 12.8 Å². The fourth-order valence-electron chi connectivity index (χ4n) is 2.24. The first-order chi connectivity index (χ1) is 10.6. The van der Waals surface area contributed by atoms with E-state index in [-0.39, 0.29) is 12.5 Å². The summed E-state index contributed by atoms with van der Waals surface area (Å²) in [5, 5.41) is 6.28. The Kier molecular flexibility index (Phi) is 4.43. The van der Waals surface area contributed by atoms with Gasteiger partial charge in [0.1, 0.15) is 5.75 Å². The molecule has 2 aromatic rings. The van der Waals surface area contributed by atoms with Gasteiger partial charge in [-0.2, -0.15) is 5.10 Å². The number of carbonyl (C=O) groups excluding carboxylic acids is 1. The van der Waals surface area contributed by atoms with Gasteiger partial charge in [0.15, 0.2) is 6.61 Å². The van der Waals surface area contributed by atoms with Gasteiger partial charge in [-0.3, -0.25) is 4.79 Å². The van der Waals surface area contributed by atoms with Crippen LogP contribution in [-0.4, -0.2) is 18.2 Å². The topological polar surface area (TPSA) is 50.7 Å². The second-order valence-electron chi connectivity index (χ2n) is 5.45. The zero-order valence-electron chi connectivity index (χ0n) is 12.3. The van der Waals surface area contributed by atoms with Crippen molar-refractivity contribution in [1.29, 1.82) is 0 Å². The number of benzene rings is 2. The monoisotopic (exact) mass is 360 g/mol. The van der Waals surface area contributed by atoms with E-state index >= 15 is 0 Å². The van der Waals surface area contributed by atoms with Gasteiger partial charge in [-0.25, -0.2) is 5.43 Å². The van der Waals surface area contributed by atoms with Crippen LogP contribution in [0.2, 0.25) is 0 Å². The van der Waals surface area contributed by atoms with Crippen LogP contribution in [0.4, 0.5) is 0 Å². The van der Waals surface area contributed by atoms with Crippen molar-refractivity contribution < 1.29 is 9.53 Å². The van der Waals surface area contributed by atoms with Crippen molar-refractivity contribution in [2.75, 3.05) is 6.61 Å². The molecule has 0 saturated heterocycles. The lowest BCUT2D eigenvalue weighted by Gasteiger charge is -2.09. The smallest absolute Gasteiger partial charge is 0.277 e. The first kappa shape index (κ1) is 15.0. The first-order valence-corrected chi connectivity index (χ1v) is 8.07. The molecular formula is C17H17BrN2O2. The number of hydrogen-bond donors (Lipinski definition) is 1. The third-order valence-corrected chi connectivity index (χ3v) is 4.53. The van der Waals surface area contributed by atoms with Crippen LogP contribution in [0.15, 0.2) is 46.0 Å². The molecule has 2 aromatic carbocycles. The van der Waals surface area contributed by atoms with Crippen LogP contribution in [0, 0.1) is 5.92 Å². The Hall–Kier alpha value is -1.88. The fraction of sp³-hybridized carbons (Fsp3) is 0.294. The predicted octanol–water partition coefficient (Wildman–Crippen LogP) is 3.88. The number of fused-ring (bicyclic) bond motifs is 1. The molecule has 4 nitrogen and oxygen atoms in total. The van der Waals surface area contributed by atoms with E-state index in [9.17, 15) is 4.79 Å². The molecule has 0 radical (unpaired) electrons. The predicted molar refractivity (Wildman–Crippen MR) is 91.1 cm³/mol. The van der Waals surface area contributed by atoms with Gasteiger partial charge in [0.25, 0.3) is 5.91 Å². The maximum atomic E-state index is 11.8. The molecule has 22 heavy (non-hydrogen) atoms. The van der Waals surface area contributed by atoms with Crippen molar-refractivity contribution in [3.05, 3.63) is 40.9 Å². The molecule has 0 aliphatic heterocycles. The Morgan fingerprint density at radius 1 is 1.32 bits per heavy atom. The summed E-state index contributed by atoms with van der Waals surface area (Å²) < 4.78 is 6.44. The minimum absolute atomic E-state index is 0.0572. The maximum Gasteiger partial charge on any atom is 0.277 e. The highest BCUT2D eigenvalue weighted by Crippen LogP contribution is 2.33. The van der Waals surface area contributed by atoms with Crippen LogP contribution in [0.25, 0.3) is 10.8 Å². The number of nitrogens with zero attached hydrogens (tertiary/aromatic N) is 1. The number of carbonyl (C=O) groups is 1. The summed E-state index contributed by atoms with van der Waals surface area (Å²) in [6.07, 6.45) is 2.34. The molecular weight excluding hydrogens is 344 g/mol. The molecule has 0 bridgehead atoms. The van der Waals surface area contributed by atoms with Crippen molar-refractivity contribution in [2.45, 2.75) is 19.8 Å². The van der Waals surface area contributed by atoms with Gasteiger partial charge in [0.2, 0.25) is 0 Å². The Morgan fingerprint density at radius 3 is 2.86 bits per heavy atom. The minimum Gasteiger partial charge on any atom is -0.483 e. The molecule has 1 saturated carbocycles. The first-order valence-electron chi connectivity index (χ1n) is 7.28. The Bertz CT molecular complexity index is 739. The average molecular weight is 361 g/mol. The highest BCUT2D eigenvalue weighted by atomic mass is 79.9. The molecule has 0 unspecified atom stereocenters. The van der Waals surface area contributed by atoms with E-state index in [1.807, 2.05) is 43.3 Å². The van der Waals surface area contributed by atoms with Crippen LogP contribution in [-0.2, 0) is 4.79 Å². The molecule has 0 atom stereocenters. The molecule has 3 rings (SSSR count). The summed E-state index contributed by atoms with van der Waals surface area (Å²) in [6.45, 7) is 1.89. The molecule has 5 heteroatoms. The molecule has 114 valence electrons. The standard InChI is InChI=1S/C17H17BrN2O2/c1-11(12-6-7-12)19-20-16(21)10-22-15-9-8-13-4-2-3-5-14(13)17(15)18/h2-5,8-9,12H,6-7,10H2,1H3,(H,20,21)/b19-11+. The number of nitrogens with one attached hydrogen (secondary N) is 1. The summed E-state index contributed by atoms with van der Waals surface area (Å²) in [4.78, 5) is 11.8. The fourth-order valence-corrected chi connectivity index (χ4v) is 2.85. The van der Waals surface area contributed by atoms with E-state index in [4.69, 9.17) is 4.74 Å². The van der Waals surface area contributed by atoms with Crippen molar-refractivity contribution in [3.8, 4) is 5.75 Å². The lowest BCUT2D eigenvalue weighted by molar-refractivity contribution is -0.123. The van der Waals surface area contributed by atoms with Crippen LogP contribution in [0.1, 0.15) is 19.8 Å². The molecule has 0 heterocycles. The Morgan fingerprint density at radius 2 is 2.09 bits per heavy atom. The van der Waals surface area contributed by atoms with E-state index in [1.54, 1.807) is 0 Å². The molecule has 1 amide bonds. The largest absolute Gasteiger partial charge is 0.483 e. The molecule has 1 aliphatic rings. The van der Waals surface area contributed by atoms with Crippen LogP contribution < -0.4 is 10.2 Å². The van der Waals surface area contributed by atoms with Crippen LogP contribution in [0.5, 0.6) is 5.75 Å². The van der Waals surface area contributed by atoms with Gasteiger partial charge in [0.05, 0.1) is 4.47 Å². The summed E-state index contributed by atoms with van der Waals surface area (Å²) >= 11 is 3.54. The zero-order valence-corrected chi connectivity index (χ0v) is 13.9. The molecule has 1 N–H and O–H groups in total. The van der Waals surface area contributed by atoms with E-state index in [0.717, 1.165) is 21.0 Å². The minimum atomic E-state index is -0.250. The summed E-state index contributed by atoms with van der Waals surface area (Å²) in [7, 11) is 0. The molecule has 1 aliphatic carbocycles. The number of hydrazone groups is 1. The van der Waals surface area contributed by atoms with Crippen molar-refractivity contribution in [3.63, 3.8) is 0 Å². The second-order valence-corrected chi connectivity index (χ2v) is 6.24. The van der Waals surface area contributed by atoms with Gasteiger partial charge >= 0.3 is 0 Å². The highest BCUT2D eigenvalue weighted by Gasteiger charge is 2.24. The number of hydrogen-bond acceptors (Lipinski definition) is 3. The third-order valence-electron chi connectivity index (χ3n) is 3.71. The van der Waals surface area contributed by atoms with Gasteiger partial charge in [-0.1, -0.05) is 30.3 Å². The van der Waals surface area contributed by atoms with Gasteiger partial charge in [-0.15, -0.1) is 0 Å². The lowest BCUT2D eigenvalue weighted by atomic mass is 10.1. The zero-order chi connectivity index (χ0) is 15.5. The van der Waals surface area contributed by atoms with Crippen molar-refractivity contribution >= 4 is 38.3 Å². The average Bonchev–Trinajstić information content (AvgIpc) is 3.37. The van der Waals surface area contributed by atoms with E-state index < -0.39 is 0 Å². The van der Waals surface area contributed by atoms with Crippen LogP contribution >= 0.6 is 15.9 Å². The lowest BCUT2D eigenvalue weighted by Crippen LogP contribution is -2.25. The van der Waals surface area contributed by atoms with Gasteiger partial charge < -0.3 is 4.74 Å². The normalized spacial score (nSPS) is 14.9. The van der Waals surface area contributed by atoms with Crippen LogP contribution in [0.3, 0.4) is 0 Å². The van der Waals surface area contributed by atoms with Crippen molar-refractivity contribution in [2.24, 2.45) is 11.0 Å². The summed E-state index contributed by atoms with van der Waals surface area (Å²) in [5.41, 5.74) is 3.53. The second kappa shape index (κ2) is 6.48. The molecule has 0 aromatic heterocycles. The molecule has 0 spiro atoms. The SMILES string of the molecule is C/C(=N\NC(=O)COc1ccc2ccccc2c1Br)C1CC1. The molecule has 1 fully saturated rings. The summed E-state index contributed by atoms with van der Waals surface area (Å²) in [5.74, 6) is 0.952. The maximum absolute atomic E-state index is 11.8. The number of amides is 1. The third kappa shape index (κ3) is 3.47.